The van der Waals surface area contributed by atoms with Gasteiger partial charge in [0.2, 0.25) is 0 Å². The first kappa shape index (κ1) is 14.2. The number of hydrogen-bond donors (Lipinski definition) is 0. The predicted molar refractivity (Wildman–Crippen MR) is 71.8 cm³/mol. The fourth-order valence-corrected chi connectivity index (χ4v) is 2.69. The lowest BCUT2D eigenvalue weighted by Gasteiger charge is -2.07. The monoisotopic (exact) mass is 359 g/mol. The molecule has 0 saturated heterocycles. The van der Waals surface area contributed by atoms with Crippen molar-refractivity contribution in [1.82, 2.24) is 0 Å². The molecule has 90 valence electrons. The fourth-order valence-electron chi connectivity index (χ4n) is 1.41. The van der Waals surface area contributed by atoms with Crippen molar-refractivity contribution in [3.05, 3.63) is 33.3 Å². The number of alkyl halides is 1. The van der Waals surface area contributed by atoms with Gasteiger partial charge >= 0.3 is 5.97 Å². The van der Waals surface area contributed by atoms with E-state index in [-0.39, 0.29) is 12.4 Å². The predicted octanol–water partition coefficient (Wildman–Crippen LogP) is 3.32. The third-order valence-electron chi connectivity index (χ3n) is 2.13. The summed E-state index contributed by atoms with van der Waals surface area (Å²) >= 11 is 6.71. The molecular formula is C12H11Br2NO2. The standard InChI is InChI=1S/C12H11Br2NO2/c1-2-17-11(16)5-8-3-9(6-13)12(14)10(4-8)7-15/h3-4H,2,5-6H2,1H3. The van der Waals surface area contributed by atoms with Crippen LogP contribution in [0.2, 0.25) is 0 Å². The maximum atomic E-state index is 11.4. The van der Waals surface area contributed by atoms with Crippen molar-refractivity contribution in [2.24, 2.45) is 0 Å². The van der Waals surface area contributed by atoms with Crippen LogP contribution in [0.25, 0.3) is 0 Å². The fraction of sp³-hybridized carbons (Fsp3) is 0.333. The number of carbonyl (C=O) groups excluding carboxylic acids is 1. The molecule has 17 heavy (non-hydrogen) atoms. The average molecular weight is 361 g/mol. The number of esters is 1. The smallest absolute Gasteiger partial charge is 0.310 e. The quantitative estimate of drug-likeness (QED) is 0.611. The third-order valence-corrected chi connectivity index (χ3v) is 3.67. The highest BCUT2D eigenvalue weighted by Gasteiger charge is 2.10. The number of ether oxygens (including phenoxy) is 1. The van der Waals surface area contributed by atoms with E-state index >= 15 is 0 Å². The molecule has 0 unspecified atom stereocenters. The van der Waals surface area contributed by atoms with E-state index in [9.17, 15) is 4.79 Å². The highest BCUT2D eigenvalue weighted by Crippen LogP contribution is 2.25. The highest BCUT2D eigenvalue weighted by molar-refractivity contribution is 9.10. The number of nitriles is 1. The first-order valence-corrected chi connectivity index (χ1v) is 6.96. The zero-order valence-electron chi connectivity index (χ0n) is 9.30. The summed E-state index contributed by atoms with van der Waals surface area (Å²) < 4.78 is 5.65. The second-order valence-corrected chi connectivity index (χ2v) is 4.70. The van der Waals surface area contributed by atoms with Crippen molar-refractivity contribution < 1.29 is 9.53 Å². The molecule has 1 aromatic rings. The second kappa shape index (κ2) is 6.77. The first-order chi connectivity index (χ1) is 8.12. The highest BCUT2D eigenvalue weighted by atomic mass is 79.9. The van der Waals surface area contributed by atoms with Gasteiger partial charge in [0.15, 0.2) is 0 Å². The van der Waals surface area contributed by atoms with Gasteiger partial charge in [-0.25, -0.2) is 0 Å². The van der Waals surface area contributed by atoms with Crippen LogP contribution < -0.4 is 0 Å². The molecule has 0 spiro atoms. The number of halogens is 2. The van der Waals surface area contributed by atoms with E-state index in [4.69, 9.17) is 10.00 Å². The zero-order valence-corrected chi connectivity index (χ0v) is 12.5. The molecule has 0 fully saturated rings. The lowest BCUT2D eigenvalue weighted by Crippen LogP contribution is -2.08. The topological polar surface area (TPSA) is 50.1 Å². The van der Waals surface area contributed by atoms with Crippen LogP contribution in [0.5, 0.6) is 0 Å². The van der Waals surface area contributed by atoms with Crippen LogP contribution in [-0.4, -0.2) is 12.6 Å². The van der Waals surface area contributed by atoms with Crippen LogP contribution >= 0.6 is 31.9 Å². The Labute approximate surface area is 117 Å². The largest absolute Gasteiger partial charge is 0.466 e. The van der Waals surface area contributed by atoms with E-state index in [1.54, 1.807) is 13.0 Å². The molecule has 0 radical (unpaired) electrons. The number of carbonyl (C=O) groups is 1. The number of nitrogens with zero attached hydrogens (tertiary/aromatic N) is 1. The van der Waals surface area contributed by atoms with E-state index in [0.717, 1.165) is 15.6 Å². The van der Waals surface area contributed by atoms with E-state index < -0.39 is 0 Å². The summed E-state index contributed by atoms with van der Waals surface area (Å²) in [5, 5.41) is 9.61. The minimum Gasteiger partial charge on any atom is -0.466 e. The summed E-state index contributed by atoms with van der Waals surface area (Å²) in [6.45, 7) is 2.13. The second-order valence-electron chi connectivity index (χ2n) is 3.34. The van der Waals surface area contributed by atoms with Gasteiger partial charge in [0, 0.05) is 9.80 Å². The normalized spacial score (nSPS) is 9.76. The van der Waals surface area contributed by atoms with Gasteiger partial charge in [-0.2, -0.15) is 5.26 Å². The van der Waals surface area contributed by atoms with E-state index in [2.05, 4.69) is 37.9 Å². The van der Waals surface area contributed by atoms with Crippen molar-refractivity contribution in [3.63, 3.8) is 0 Å². The number of rotatable bonds is 4. The Balaban J connectivity index is 3.02. The molecule has 0 aromatic heterocycles. The molecule has 5 heteroatoms. The molecular weight excluding hydrogens is 350 g/mol. The summed E-state index contributed by atoms with van der Waals surface area (Å²) in [5.41, 5.74) is 2.27. The van der Waals surface area contributed by atoms with E-state index in [1.165, 1.54) is 0 Å². The minimum absolute atomic E-state index is 0.190. The molecule has 1 aromatic carbocycles. The summed E-state index contributed by atoms with van der Waals surface area (Å²) in [6.07, 6.45) is 0.190. The Bertz CT molecular complexity index is 466. The van der Waals surface area contributed by atoms with Gasteiger partial charge in [-0.3, -0.25) is 4.79 Å². The van der Waals surface area contributed by atoms with Crippen LogP contribution in [-0.2, 0) is 21.3 Å². The summed E-state index contributed by atoms with van der Waals surface area (Å²) in [5.74, 6) is -0.278. The molecule has 0 atom stereocenters. The minimum atomic E-state index is -0.278. The number of benzene rings is 1. The van der Waals surface area contributed by atoms with Crippen molar-refractivity contribution in [2.45, 2.75) is 18.7 Å². The summed E-state index contributed by atoms with van der Waals surface area (Å²) in [4.78, 5) is 11.4. The molecule has 0 N–H and O–H groups in total. The van der Waals surface area contributed by atoms with Crippen molar-refractivity contribution in [1.29, 1.82) is 5.26 Å². The molecule has 0 bridgehead atoms. The zero-order chi connectivity index (χ0) is 12.8. The van der Waals surface area contributed by atoms with Crippen LogP contribution in [0.1, 0.15) is 23.6 Å². The van der Waals surface area contributed by atoms with Crippen molar-refractivity contribution in [2.75, 3.05) is 6.61 Å². The third kappa shape index (κ3) is 3.83. The van der Waals surface area contributed by atoms with Gasteiger partial charge in [-0.1, -0.05) is 22.0 Å². The Kier molecular flexibility index (Phi) is 5.66. The van der Waals surface area contributed by atoms with Crippen LogP contribution in [0.3, 0.4) is 0 Å². The molecule has 0 saturated carbocycles. The molecule has 0 heterocycles. The van der Waals surface area contributed by atoms with E-state index in [0.29, 0.717) is 17.5 Å². The van der Waals surface area contributed by atoms with Crippen LogP contribution in [0.15, 0.2) is 16.6 Å². The number of hydrogen-bond acceptors (Lipinski definition) is 3. The van der Waals surface area contributed by atoms with Gasteiger partial charge in [0.1, 0.15) is 6.07 Å². The first-order valence-electron chi connectivity index (χ1n) is 5.05. The summed E-state index contributed by atoms with van der Waals surface area (Å²) in [7, 11) is 0. The maximum absolute atomic E-state index is 11.4. The van der Waals surface area contributed by atoms with Crippen molar-refractivity contribution in [3.8, 4) is 6.07 Å². The summed E-state index contributed by atoms with van der Waals surface area (Å²) in [6, 6.07) is 5.68. The maximum Gasteiger partial charge on any atom is 0.310 e. The average Bonchev–Trinajstić information content (AvgIpc) is 2.31. The van der Waals surface area contributed by atoms with Gasteiger partial charge in [0.05, 0.1) is 18.6 Å². The van der Waals surface area contributed by atoms with Gasteiger partial charge < -0.3 is 4.74 Å². The molecule has 0 aliphatic rings. The van der Waals surface area contributed by atoms with E-state index in [1.807, 2.05) is 6.07 Å². The Morgan fingerprint density at radius 1 is 1.53 bits per heavy atom. The molecule has 0 aliphatic carbocycles. The Hall–Kier alpha value is -0.860. The van der Waals surface area contributed by atoms with Crippen LogP contribution in [0.4, 0.5) is 0 Å². The van der Waals surface area contributed by atoms with Crippen LogP contribution in [0, 0.1) is 11.3 Å². The van der Waals surface area contributed by atoms with Crippen molar-refractivity contribution >= 4 is 37.8 Å². The Morgan fingerprint density at radius 3 is 2.76 bits per heavy atom. The molecule has 3 nitrogen and oxygen atoms in total. The molecule has 0 aliphatic heterocycles. The van der Waals surface area contributed by atoms with Gasteiger partial charge in [0.25, 0.3) is 0 Å². The lowest BCUT2D eigenvalue weighted by atomic mass is 10.0. The van der Waals surface area contributed by atoms with Gasteiger partial charge in [-0.15, -0.1) is 0 Å². The molecule has 1 rings (SSSR count). The van der Waals surface area contributed by atoms with Gasteiger partial charge in [-0.05, 0) is 40.0 Å². The Morgan fingerprint density at radius 2 is 2.24 bits per heavy atom. The SMILES string of the molecule is CCOC(=O)Cc1cc(C#N)c(Br)c(CBr)c1. The lowest BCUT2D eigenvalue weighted by molar-refractivity contribution is -0.142. The molecule has 0 amide bonds.